The lowest BCUT2D eigenvalue weighted by Crippen LogP contribution is -2.81. The molecule has 2 aromatic rings. The van der Waals surface area contributed by atoms with E-state index in [0.29, 0.717) is 38.5 Å². The van der Waals surface area contributed by atoms with E-state index in [9.17, 15) is 45.3 Å². The van der Waals surface area contributed by atoms with Gasteiger partial charge in [-0.2, -0.15) is 0 Å². The minimum atomic E-state index is -1.81. The van der Waals surface area contributed by atoms with E-state index < -0.39 is 71.2 Å². The molecule has 15 heteroatoms. The maximum atomic E-state index is 12.8. The highest BCUT2D eigenvalue weighted by molar-refractivity contribution is 6.11. The van der Waals surface area contributed by atoms with Crippen molar-refractivity contribution in [3.8, 4) is 17.2 Å². The summed E-state index contributed by atoms with van der Waals surface area (Å²) < 4.78 is 26.8. The van der Waals surface area contributed by atoms with Gasteiger partial charge in [0.1, 0.15) is 41.2 Å². The first-order valence-electron chi connectivity index (χ1n) is 22.2. The van der Waals surface area contributed by atoms with Crippen LogP contribution in [0.1, 0.15) is 104 Å². The van der Waals surface area contributed by atoms with E-state index in [4.69, 9.17) is 18.9 Å². The molecule has 9 aliphatic rings. The summed E-state index contributed by atoms with van der Waals surface area (Å²) in [5.74, 6) is -3.10. The summed E-state index contributed by atoms with van der Waals surface area (Å²) in [6, 6.07) is 2.56. The van der Waals surface area contributed by atoms with Gasteiger partial charge in [-0.05, 0) is 124 Å². The van der Waals surface area contributed by atoms with Crippen molar-refractivity contribution in [3.05, 3.63) is 51.6 Å². The van der Waals surface area contributed by atoms with E-state index in [2.05, 4.69) is 16.9 Å². The Labute approximate surface area is 352 Å². The molecule has 7 fully saturated rings. The van der Waals surface area contributed by atoms with Gasteiger partial charge >= 0.3 is 5.97 Å². The maximum Gasteiger partial charge on any atom is 0.335 e. The van der Waals surface area contributed by atoms with Crippen LogP contribution in [0.15, 0.2) is 34.9 Å². The van der Waals surface area contributed by atoms with Gasteiger partial charge in [0.15, 0.2) is 5.78 Å². The molecular weight excluding hydrogens is 789 g/mol. The van der Waals surface area contributed by atoms with Crippen LogP contribution >= 0.6 is 0 Å². The van der Waals surface area contributed by atoms with Gasteiger partial charge in [0, 0.05) is 47.1 Å². The van der Waals surface area contributed by atoms with Crippen LogP contribution in [0.25, 0.3) is 10.8 Å². The van der Waals surface area contributed by atoms with Crippen LogP contribution in [0.4, 0.5) is 0 Å². The number of carboxylic acids is 1. The number of Topliss-reactive ketones (excluding diaryl/α,β-unsaturated/α-hetero) is 1. The summed E-state index contributed by atoms with van der Waals surface area (Å²) in [6.07, 6.45) is 2.36. The van der Waals surface area contributed by atoms with Gasteiger partial charge in [0.05, 0.1) is 35.3 Å². The molecule has 0 unspecified atom stereocenters. The molecule has 9 N–H and O–H groups in total. The fraction of sp³-hybridized carbons (Fsp3) is 0.652. The average molecular weight is 845 g/mol. The fourth-order valence-electron chi connectivity index (χ4n) is 15.0. The number of aliphatic hydroxyl groups is 4. The van der Waals surface area contributed by atoms with Crippen LogP contribution in [0.3, 0.4) is 0 Å². The van der Waals surface area contributed by atoms with Crippen molar-refractivity contribution >= 4 is 22.5 Å². The summed E-state index contributed by atoms with van der Waals surface area (Å²) in [6.45, 7) is 3.91. The van der Waals surface area contributed by atoms with Gasteiger partial charge in [-0.25, -0.2) is 4.79 Å². The Morgan fingerprint density at radius 1 is 1.07 bits per heavy atom. The minimum Gasteiger partial charge on any atom is -0.507 e. The zero-order chi connectivity index (χ0) is 42.5. The number of hydrazine groups is 1. The highest BCUT2D eigenvalue weighted by Gasteiger charge is 2.75. The fourth-order valence-corrected chi connectivity index (χ4v) is 15.0. The number of carbonyl (C=O) groups is 2. The first-order valence-corrected chi connectivity index (χ1v) is 22.2. The second-order valence-corrected chi connectivity index (χ2v) is 19.9. The zero-order valence-corrected chi connectivity index (χ0v) is 34.5. The van der Waals surface area contributed by atoms with Gasteiger partial charge in [0.25, 0.3) is 0 Å². The van der Waals surface area contributed by atoms with E-state index in [0.717, 1.165) is 56.2 Å². The van der Waals surface area contributed by atoms with E-state index in [1.54, 1.807) is 0 Å². The van der Waals surface area contributed by atoms with E-state index in [-0.39, 0.29) is 81.2 Å². The lowest BCUT2D eigenvalue weighted by Gasteiger charge is -2.72. The van der Waals surface area contributed by atoms with E-state index in [1.807, 2.05) is 0 Å². The largest absolute Gasteiger partial charge is 0.507 e. The van der Waals surface area contributed by atoms with Crippen molar-refractivity contribution in [3.63, 3.8) is 0 Å². The molecule has 61 heavy (non-hydrogen) atoms. The van der Waals surface area contributed by atoms with Gasteiger partial charge in [0.2, 0.25) is 6.29 Å². The summed E-state index contributed by atoms with van der Waals surface area (Å²) in [7, 11) is 0. The first kappa shape index (κ1) is 40.2. The number of carboxylic acid groups (broad SMARTS) is 1. The third-order valence-electron chi connectivity index (χ3n) is 17.1. The molecule has 4 saturated heterocycles. The number of aromatic carboxylic acids is 1. The van der Waals surface area contributed by atoms with Crippen molar-refractivity contribution in [2.24, 2.45) is 28.6 Å². The summed E-state index contributed by atoms with van der Waals surface area (Å²) >= 11 is 0. The highest BCUT2D eigenvalue weighted by atomic mass is 16.7. The number of hydrogen-bond donors (Lipinski definition) is 9. The second kappa shape index (κ2) is 13.7. The summed E-state index contributed by atoms with van der Waals surface area (Å²) in [5.41, 5.74) is 8.47. The number of ether oxygens (including phenoxy) is 4. The lowest BCUT2D eigenvalue weighted by molar-refractivity contribution is -0.337. The molecule has 3 spiro atoms. The average Bonchev–Trinajstić information content (AvgIpc) is 3.78. The van der Waals surface area contributed by atoms with Crippen LogP contribution in [0, 0.1) is 35.5 Å². The SMILES string of the molecule is CC(=O)c1c(C)c(O)c2cc(C(=O)O)cc(O[C@@H]3O[C@@H]4[C@@H](O)CC[C@H]5O[C@@]4(C[C@@H]4C6=C5CC=C6[C@]5(CCCO)COC[C@@H]6C[C@@]78CCC[C@@H]7NN[C@]4(C8)[C@H]65)[C@H](O)[C@H]3O)c2c1O. The quantitative estimate of drug-likeness (QED) is 0.144. The normalized spacial score (nSPS) is 43.0. The molecule has 5 aliphatic heterocycles. The van der Waals surface area contributed by atoms with Crippen LogP contribution in [-0.4, -0.2) is 121 Å². The van der Waals surface area contributed by atoms with Gasteiger partial charge < -0.3 is 54.7 Å². The number of phenolic OH excluding ortho intramolecular Hbond substituents is 2. The minimum absolute atomic E-state index is 0.0280. The molecule has 14 atom stereocenters. The molecule has 328 valence electrons. The smallest absolute Gasteiger partial charge is 0.335 e. The molecule has 4 aliphatic carbocycles. The number of rotatable bonds is 7. The van der Waals surface area contributed by atoms with Crippen molar-refractivity contribution < 1.29 is 64.3 Å². The van der Waals surface area contributed by atoms with Crippen LogP contribution in [0.5, 0.6) is 17.2 Å². The Bertz CT molecular complexity index is 2310. The molecule has 11 rings (SSSR count). The third kappa shape index (κ3) is 5.24. The van der Waals surface area contributed by atoms with Crippen molar-refractivity contribution in [1.29, 1.82) is 0 Å². The molecule has 2 aromatic carbocycles. The third-order valence-corrected chi connectivity index (χ3v) is 17.1. The van der Waals surface area contributed by atoms with Crippen molar-refractivity contribution in [2.45, 2.75) is 138 Å². The number of allylic oxidation sites excluding steroid dienone is 1. The first-order chi connectivity index (χ1) is 29.2. The Hall–Kier alpha value is -3.64. The molecule has 0 amide bonds. The van der Waals surface area contributed by atoms with Gasteiger partial charge in [-0.15, -0.1) is 0 Å². The molecule has 4 bridgehead atoms. The van der Waals surface area contributed by atoms with Crippen LogP contribution in [-0.2, 0) is 14.2 Å². The Morgan fingerprint density at radius 3 is 2.66 bits per heavy atom. The molecule has 15 nitrogen and oxygen atoms in total. The molecule has 0 aromatic heterocycles. The van der Waals surface area contributed by atoms with Crippen molar-refractivity contribution in [2.75, 3.05) is 19.8 Å². The topological polar surface area (TPSA) is 237 Å². The number of aromatic hydroxyl groups is 2. The summed E-state index contributed by atoms with van der Waals surface area (Å²) in [5, 5.41) is 79.9. The van der Waals surface area contributed by atoms with Crippen LogP contribution < -0.4 is 15.6 Å². The standard InChI is InChI=1S/C46H56N2O13/c1-20-32(21(2)50)36(53)34-25(35(20)52)13-22(41(56)57)14-30(34)59-42-37(54)39(55)46-16-27-33-24(29(61-46)9-8-28(51)40(46)60-42)6-7-26(33)44(11-4-12-49)19-58-17-23-15-43-10-3-5-31(43)47-48-45(27,18-43)38(23)44/h7,13-14,23,27-29,31,37-40,42,47-49,51-55H,3-6,8-12,15-19H2,1-2H3,(H,56,57)/t23-,27+,28-,29+,31-,37+,38+,39+,40+,42+,43+,44-,45-,46-/m0/s1. The Morgan fingerprint density at radius 2 is 1.89 bits per heavy atom. The number of benzene rings is 2. The number of hydrogen-bond acceptors (Lipinski definition) is 14. The highest BCUT2D eigenvalue weighted by Crippen LogP contribution is 2.73. The number of phenols is 2. The number of fused-ring (bicyclic) bond motifs is 4. The lowest BCUT2D eigenvalue weighted by atomic mass is 9.39. The molecular formula is C46H56N2O13. The summed E-state index contributed by atoms with van der Waals surface area (Å²) in [4.78, 5) is 25.1. The Balaban J connectivity index is 1.04. The predicted molar refractivity (Wildman–Crippen MR) is 216 cm³/mol. The van der Waals surface area contributed by atoms with E-state index >= 15 is 0 Å². The predicted octanol–water partition coefficient (Wildman–Crippen LogP) is 3.43. The molecule has 3 saturated carbocycles. The number of ketones is 1. The van der Waals surface area contributed by atoms with Gasteiger partial charge in [-0.1, -0.05) is 12.5 Å². The number of nitrogens with one attached hydrogen (secondary N) is 2. The second-order valence-electron chi connectivity index (χ2n) is 19.9. The van der Waals surface area contributed by atoms with Crippen LogP contribution in [0.2, 0.25) is 0 Å². The van der Waals surface area contributed by atoms with Crippen molar-refractivity contribution in [1.82, 2.24) is 10.9 Å². The molecule has 0 radical (unpaired) electrons. The van der Waals surface area contributed by atoms with E-state index in [1.165, 1.54) is 25.0 Å². The molecule has 5 heterocycles. The van der Waals surface area contributed by atoms with Gasteiger partial charge in [-0.3, -0.25) is 15.6 Å². The number of carbonyl (C=O) groups excluding carboxylic acids is 1. The number of aliphatic hydroxyl groups excluding tert-OH is 4. The maximum absolute atomic E-state index is 12.8. The Kier molecular flexibility index (Phi) is 9.01. The zero-order valence-electron chi connectivity index (χ0n) is 34.5. The monoisotopic (exact) mass is 844 g/mol.